The molecule has 112 valence electrons. The first kappa shape index (κ1) is 15.7. The van der Waals surface area contributed by atoms with Crippen molar-refractivity contribution in [2.24, 2.45) is 0 Å². The molecule has 0 fully saturated rings. The molecule has 0 radical (unpaired) electrons. The van der Waals surface area contributed by atoms with Crippen LogP contribution in [0, 0.1) is 5.82 Å². The molecular weight excluding hydrogens is 341 g/mol. The van der Waals surface area contributed by atoms with Crippen LogP contribution in [0.5, 0.6) is 0 Å². The Morgan fingerprint density at radius 1 is 1.38 bits per heavy atom. The monoisotopic (exact) mass is 355 g/mol. The SMILES string of the molecule is CO[C@](C)(CNC(=O)c1ccc(Br)o1)c1ccccc1F. The summed E-state index contributed by atoms with van der Waals surface area (Å²) >= 11 is 3.13. The number of nitrogens with one attached hydrogen (secondary N) is 1. The van der Waals surface area contributed by atoms with E-state index in [2.05, 4.69) is 21.2 Å². The molecule has 0 aliphatic heterocycles. The summed E-state index contributed by atoms with van der Waals surface area (Å²) in [6, 6.07) is 9.50. The lowest BCUT2D eigenvalue weighted by molar-refractivity contribution is 0.000178. The van der Waals surface area contributed by atoms with E-state index in [0.29, 0.717) is 10.2 Å². The summed E-state index contributed by atoms with van der Waals surface area (Å²) in [4.78, 5) is 12.0. The first-order valence-electron chi connectivity index (χ1n) is 6.30. The molecule has 0 aliphatic rings. The first-order chi connectivity index (χ1) is 9.96. The van der Waals surface area contributed by atoms with Gasteiger partial charge in [-0.2, -0.15) is 0 Å². The molecule has 0 saturated carbocycles. The maximum absolute atomic E-state index is 13.9. The molecule has 0 aliphatic carbocycles. The number of ether oxygens (including phenoxy) is 1. The van der Waals surface area contributed by atoms with Gasteiger partial charge in [0.2, 0.25) is 0 Å². The second kappa shape index (κ2) is 6.41. The van der Waals surface area contributed by atoms with Gasteiger partial charge in [0.15, 0.2) is 10.4 Å². The Morgan fingerprint density at radius 3 is 2.67 bits per heavy atom. The second-order valence-corrected chi connectivity index (χ2v) is 5.48. The van der Waals surface area contributed by atoms with Crippen molar-refractivity contribution in [2.45, 2.75) is 12.5 Å². The summed E-state index contributed by atoms with van der Waals surface area (Å²) in [5, 5.41) is 2.68. The van der Waals surface area contributed by atoms with Crippen LogP contribution in [0.15, 0.2) is 45.5 Å². The van der Waals surface area contributed by atoms with Crippen molar-refractivity contribution < 1.29 is 18.3 Å². The molecular formula is C15H15BrFNO3. The minimum atomic E-state index is -0.967. The number of methoxy groups -OCH3 is 1. The predicted molar refractivity (Wildman–Crippen MR) is 79.5 cm³/mol. The average Bonchev–Trinajstić information content (AvgIpc) is 2.91. The molecule has 1 heterocycles. The van der Waals surface area contributed by atoms with Crippen molar-refractivity contribution in [3.63, 3.8) is 0 Å². The van der Waals surface area contributed by atoms with Gasteiger partial charge in [0.05, 0.1) is 6.54 Å². The van der Waals surface area contributed by atoms with Crippen molar-refractivity contribution in [1.29, 1.82) is 0 Å². The molecule has 1 amide bonds. The lowest BCUT2D eigenvalue weighted by Crippen LogP contribution is -2.40. The second-order valence-electron chi connectivity index (χ2n) is 4.70. The van der Waals surface area contributed by atoms with E-state index in [9.17, 15) is 9.18 Å². The van der Waals surface area contributed by atoms with Gasteiger partial charge in [0.25, 0.3) is 5.91 Å². The molecule has 2 aromatic rings. The maximum Gasteiger partial charge on any atom is 0.287 e. The zero-order chi connectivity index (χ0) is 15.5. The summed E-state index contributed by atoms with van der Waals surface area (Å²) < 4.78 is 24.9. The summed E-state index contributed by atoms with van der Waals surface area (Å²) in [6.07, 6.45) is 0. The lowest BCUT2D eigenvalue weighted by atomic mass is 9.95. The Labute approximate surface area is 130 Å². The van der Waals surface area contributed by atoms with E-state index in [-0.39, 0.29) is 24.0 Å². The average molecular weight is 356 g/mol. The van der Waals surface area contributed by atoms with E-state index in [4.69, 9.17) is 9.15 Å². The Balaban J connectivity index is 2.12. The van der Waals surface area contributed by atoms with Gasteiger partial charge >= 0.3 is 0 Å². The van der Waals surface area contributed by atoms with Crippen molar-refractivity contribution in [1.82, 2.24) is 5.32 Å². The van der Waals surface area contributed by atoms with E-state index in [1.165, 1.54) is 13.2 Å². The van der Waals surface area contributed by atoms with Crippen LogP contribution in [0.3, 0.4) is 0 Å². The Hall–Kier alpha value is -1.66. The minimum absolute atomic E-state index is 0.113. The molecule has 21 heavy (non-hydrogen) atoms. The Bertz CT molecular complexity index is 643. The third-order valence-electron chi connectivity index (χ3n) is 3.28. The van der Waals surface area contributed by atoms with Gasteiger partial charge in [-0.05, 0) is 41.1 Å². The van der Waals surface area contributed by atoms with Gasteiger partial charge in [0.1, 0.15) is 11.4 Å². The van der Waals surface area contributed by atoms with Crippen molar-refractivity contribution in [3.8, 4) is 0 Å². The van der Waals surface area contributed by atoms with E-state index in [1.54, 1.807) is 37.3 Å². The summed E-state index contributed by atoms with van der Waals surface area (Å²) in [7, 11) is 1.47. The van der Waals surface area contributed by atoms with Crippen LogP contribution in [0.1, 0.15) is 23.0 Å². The molecule has 1 aromatic carbocycles. The van der Waals surface area contributed by atoms with Crippen LogP contribution >= 0.6 is 15.9 Å². The topological polar surface area (TPSA) is 51.5 Å². The van der Waals surface area contributed by atoms with E-state index >= 15 is 0 Å². The number of benzene rings is 1. The van der Waals surface area contributed by atoms with Crippen molar-refractivity contribution in [2.75, 3.05) is 13.7 Å². The number of hydrogen-bond acceptors (Lipinski definition) is 3. The third kappa shape index (κ3) is 3.51. The number of halogens is 2. The number of hydrogen-bond donors (Lipinski definition) is 1. The van der Waals surface area contributed by atoms with Gasteiger partial charge in [-0.25, -0.2) is 4.39 Å². The largest absolute Gasteiger partial charge is 0.444 e. The maximum atomic E-state index is 13.9. The standard InChI is InChI=1S/C15H15BrFNO3/c1-15(20-2,10-5-3-4-6-11(10)17)9-18-14(19)12-7-8-13(16)21-12/h3-8H,9H2,1-2H3,(H,18,19)/t15-/m1/s1. The highest BCUT2D eigenvalue weighted by Gasteiger charge is 2.30. The van der Waals surface area contributed by atoms with Crippen LogP contribution < -0.4 is 5.32 Å². The fraction of sp³-hybridized carbons (Fsp3) is 0.267. The van der Waals surface area contributed by atoms with Crippen LogP contribution in [0.2, 0.25) is 0 Å². The number of carbonyl (C=O) groups is 1. The predicted octanol–water partition coefficient (Wildman–Crippen LogP) is 3.47. The fourth-order valence-electron chi connectivity index (χ4n) is 1.94. The molecule has 0 saturated heterocycles. The van der Waals surface area contributed by atoms with Crippen LogP contribution in [0.25, 0.3) is 0 Å². The molecule has 4 nitrogen and oxygen atoms in total. The minimum Gasteiger partial charge on any atom is -0.444 e. The van der Waals surface area contributed by atoms with E-state index in [0.717, 1.165) is 0 Å². The summed E-state index contributed by atoms with van der Waals surface area (Å²) in [5.41, 5.74) is -0.585. The Morgan fingerprint density at radius 2 is 2.10 bits per heavy atom. The summed E-state index contributed by atoms with van der Waals surface area (Å²) in [5.74, 6) is -0.592. The molecule has 1 aromatic heterocycles. The van der Waals surface area contributed by atoms with Gasteiger partial charge in [0, 0.05) is 12.7 Å². The number of furan rings is 1. The highest BCUT2D eigenvalue weighted by molar-refractivity contribution is 9.10. The lowest BCUT2D eigenvalue weighted by Gasteiger charge is -2.29. The van der Waals surface area contributed by atoms with Crippen molar-refractivity contribution in [3.05, 3.63) is 58.2 Å². The van der Waals surface area contributed by atoms with E-state index in [1.807, 2.05) is 0 Å². The smallest absolute Gasteiger partial charge is 0.287 e. The third-order valence-corrected chi connectivity index (χ3v) is 3.70. The van der Waals surface area contributed by atoms with Gasteiger partial charge < -0.3 is 14.5 Å². The first-order valence-corrected chi connectivity index (χ1v) is 7.09. The fourth-order valence-corrected chi connectivity index (χ4v) is 2.25. The molecule has 2 rings (SSSR count). The van der Waals surface area contributed by atoms with Crippen LogP contribution in [-0.2, 0) is 10.3 Å². The molecule has 0 unspecified atom stereocenters. The van der Waals surface area contributed by atoms with Crippen LogP contribution in [-0.4, -0.2) is 19.6 Å². The van der Waals surface area contributed by atoms with Gasteiger partial charge in [-0.15, -0.1) is 0 Å². The number of carbonyl (C=O) groups excluding carboxylic acids is 1. The number of rotatable bonds is 5. The normalized spacial score (nSPS) is 13.7. The molecule has 6 heteroatoms. The summed E-state index contributed by atoms with van der Waals surface area (Å²) in [6.45, 7) is 1.82. The molecule has 1 N–H and O–H groups in total. The zero-order valence-electron chi connectivity index (χ0n) is 11.7. The highest BCUT2D eigenvalue weighted by Crippen LogP contribution is 2.26. The quantitative estimate of drug-likeness (QED) is 0.893. The van der Waals surface area contributed by atoms with Gasteiger partial charge in [-0.1, -0.05) is 18.2 Å². The van der Waals surface area contributed by atoms with Gasteiger partial charge in [-0.3, -0.25) is 4.79 Å². The highest BCUT2D eigenvalue weighted by atomic mass is 79.9. The Kier molecular flexibility index (Phi) is 4.80. The molecule has 0 bridgehead atoms. The van der Waals surface area contributed by atoms with Crippen LogP contribution in [0.4, 0.5) is 4.39 Å². The van der Waals surface area contributed by atoms with Crippen molar-refractivity contribution >= 4 is 21.8 Å². The number of amides is 1. The molecule has 1 atom stereocenters. The molecule has 0 spiro atoms. The zero-order valence-corrected chi connectivity index (χ0v) is 13.2. The van der Waals surface area contributed by atoms with E-state index < -0.39 is 5.60 Å².